The van der Waals surface area contributed by atoms with Crippen LogP contribution in [0.5, 0.6) is 0 Å². The van der Waals surface area contributed by atoms with Crippen molar-refractivity contribution in [2.75, 3.05) is 13.1 Å². The summed E-state index contributed by atoms with van der Waals surface area (Å²) in [6.45, 7) is 6.16. The summed E-state index contributed by atoms with van der Waals surface area (Å²) in [6.07, 6.45) is 4.98. The summed E-state index contributed by atoms with van der Waals surface area (Å²) in [6, 6.07) is 3.84. The normalized spacial score (nSPS) is 23.2. The first-order chi connectivity index (χ1) is 10.5. The molecule has 1 spiro atoms. The zero-order valence-corrected chi connectivity index (χ0v) is 14.2. The number of piperidine rings is 1. The van der Waals surface area contributed by atoms with E-state index in [0.717, 1.165) is 35.2 Å². The van der Waals surface area contributed by atoms with Crippen LogP contribution in [-0.4, -0.2) is 29.8 Å². The summed E-state index contributed by atoms with van der Waals surface area (Å²) in [5.41, 5.74) is 0.393. The van der Waals surface area contributed by atoms with Crippen LogP contribution < -0.4 is 5.32 Å². The lowest BCUT2D eigenvalue weighted by molar-refractivity contribution is -0.119. The SMILES string of the molecule is CC(=O)NCc1ccc(C(=O)N2CCC(C)C3(CCC3)C2)s1. The second-order valence-electron chi connectivity index (χ2n) is 6.81. The molecular weight excluding hydrogens is 296 g/mol. The zero-order chi connectivity index (χ0) is 15.7. The van der Waals surface area contributed by atoms with Crippen molar-refractivity contribution in [2.24, 2.45) is 11.3 Å². The number of hydrogen-bond acceptors (Lipinski definition) is 3. The van der Waals surface area contributed by atoms with Crippen LogP contribution in [0.4, 0.5) is 0 Å². The van der Waals surface area contributed by atoms with Crippen molar-refractivity contribution in [3.8, 4) is 0 Å². The van der Waals surface area contributed by atoms with Crippen LogP contribution >= 0.6 is 11.3 Å². The summed E-state index contributed by atoms with van der Waals surface area (Å²) >= 11 is 1.50. The number of likely N-dealkylation sites (tertiary alicyclic amines) is 1. The predicted molar refractivity (Wildman–Crippen MR) is 87.8 cm³/mol. The smallest absolute Gasteiger partial charge is 0.263 e. The van der Waals surface area contributed by atoms with E-state index >= 15 is 0 Å². The van der Waals surface area contributed by atoms with Gasteiger partial charge in [-0.3, -0.25) is 9.59 Å². The van der Waals surface area contributed by atoms with E-state index in [1.165, 1.54) is 37.5 Å². The van der Waals surface area contributed by atoms with E-state index in [1.807, 2.05) is 17.0 Å². The molecular formula is C17H24N2O2S. The number of rotatable bonds is 3. The van der Waals surface area contributed by atoms with E-state index in [9.17, 15) is 9.59 Å². The maximum Gasteiger partial charge on any atom is 0.263 e. The molecule has 1 aromatic rings. The van der Waals surface area contributed by atoms with Crippen LogP contribution in [0.25, 0.3) is 0 Å². The molecule has 1 aliphatic carbocycles. The Balaban J connectivity index is 1.65. The molecule has 3 rings (SSSR count). The molecule has 0 bridgehead atoms. The summed E-state index contributed by atoms with van der Waals surface area (Å²) in [4.78, 5) is 27.6. The van der Waals surface area contributed by atoms with Crippen LogP contribution in [0.1, 0.15) is 54.1 Å². The van der Waals surface area contributed by atoms with Gasteiger partial charge in [0.1, 0.15) is 0 Å². The van der Waals surface area contributed by atoms with Gasteiger partial charge in [-0.05, 0) is 42.7 Å². The Hall–Kier alpha value is -1.36. The minimum Gasteiger partial charge on any atom is -0.351 e. The van der Waals surface area contributed by atoms with Crippen LogP contribution in [-0.2, 0) is 11.3 Å². The van der Waals surface area contributed by atoms with Gasteiger partial charge in [0.15, 0.2) is 0 Å². The Labute approximate surface area is 135 Å². The van der Waals surface area contributed by atoms with Crippen molar-refractivity contribution in [1.29, 1.82) is 0 Å². The second-order valence-corrected chi connectivity index (χ2v) is 7.98. The van der Waals surface area contributed by atoms with E-state index in [2.05, 4.69) is 12.2 Å². The molecule has 1 aromatic heterocycles. The number of nitrogens with one attached hydrogen (secondary N) is 1. The van der Waals surface area contributed by atoms with Crippen molar-refractivity contribution < 1.29 is 9.59 Å². The Kier molecular flexibility index (Phi) is 4.26. The number of hydrogen-bond donors (Lipinski definition) is 1. The molecule has 0 radical (unpaired) electrons. The highest BCUT2D eigenvalue weighted by Crippen LogP contribution is 2.51. The van der Waals surface area contributed by atoms with Gasteiger partial charge in [-0.2, -0.15) is 0 Å². The zero-order valence-electron chi connectivity index (χ0n) is 13.4. The largest absolute Gasteiger partial charge is 0.351 e. The molecule has 2 amide bonds. The highest BCUT2D eigenvalue weighted by Gasteiger charge is 2.46. The first kappa shape index (κ1) is 15.5. The van der Waals surface area contributed by atoms with Crippen LogP contribution in [0.3, 0.4) is 0 Å². The quantitative estimate of drug-likeness (QED) is 0.930. The first-order valence-corrected chi connectivity index (χ1v) is 8.94. The van der Waals surface area contributed by atoms with Gasteiger partial charge < -0.3 is 10.2 Å². The van der Waals surface area contributed by atoms with Crippen molar-refractivity contribution in [3.05, 3.63) is 21.9 Å². The van der Waals surface area contributed by atoms with Gasteiger partial charge in [-0.25, -0.2) is 0 Å². The Morgan fingerprint density at radius 1 is 1.41 bits per heavy atom. The van der Waals surface area contributed by atoms with Crippen LogP contribution in [0.2, 0.25) is 0 Å². The summed E-state index contributed by atoms with van der Waals surface area (Å²) in [5.74, 6) is 0.861. The molecule has 5 heteroatoms. The van der Waals surface area contributed by atoms with E-state index in [4.69, 9.17) is 0 Å². The molecule has 2 aliphatic rings. The van der Waals surface area contributed by atoms with Crippen molar-refractivity contribution in [1.82, 2.24) is 10.2 Å². The topological polar surface area (TPSA) is 49.4 Å². The molecule has 1 N–H and O–H groups in total. The van der Waals surface area contributed by atoms with Gasteiger partial charge in [0.2, 0.25) is 5.91 Å². The fraction of sp³-hybridized carbons (Fsp3) is 0.647. The molecule has 1 aliphatic heterocycles. The predicted octanol–water partition coefficient (Wildman–Crippen LogP) is 3.04. The fourth-order valence-corrected chi connectivity index (χ4v) is 4.60. The monoisotopic (exact) mass is 320 g/mol. The molecule has 4 nitrogen and oxygen atoms in total. The van der Waals surface area contributed by atoms with Gasteiger partial charge in [0.25, 0.3) is 5.91 Å². The van der Waals surface area contributed by atoms with Gasteiger partial charge in [-0.15, -0.1) is 11.3 Å². The van der Waals surface area contributed by atoms with Crippen LogP contribution in [0, 0.1) is 11.3 Å². The summed E-state index contributed by atoms with van der Waals surface area (Å²) < 4.78 is 0. The molecule has 120 valence electrons. The molecule has 1 saturated heterocycles. The summed E-state index contributed by atoms with van der Waals surface area (Å²) in [7, 11) is 0. The van der Waals surface area contributed by atoms with Gasteiger partial charge in [-0.1, -0.05) is 13.3 Å². The lowest BCUT2D eigenvalue weighted by atomic mass is 9.59. The van der Waals surface area contributed by atoms with E-state index < -0.39 is 0 Å². The molecule has 0 aromatic carbocycles. The molecule has 2 heterocycles. The molecule has 1 unspecified atom stereocenters. The third kappa shape index (κ3) is 2.91. The average molecular weight is 320 g/mol. The fourth-order valence-electron chi connectivity index (χ4n) is 3.68. The lowest BCUT2D eigenvalue weighted by Gasteiger charge is -2.53. The number of carbonyl (C=O) groups is 2. The molecule has 1 saturated carbocycles. The Morgan fingerprint density at radius 3 is 2.82 bits per heavy atom. The number of amides is 2. The lowest BCUT2D eigenvalue weighted by Crippen LogP contribution is -2.53. The highest BCUT2D eigenvalue weighted by atomic mass is 32.1. The Bertz CT molecular complexity index is 577. The third-order valence-corrected chi connectivity index (χ3v) is 6.48. The molecule has 1 atom stereocenters. The average Bonchev–Trinajstić information content (AvgIpc) is 2.92. The van der Waals surface area contributed by atoms with E-state index in [0.29, 0.717) is 12.0 Å². The number of nitrogens with zero attached hydrogens (tertiary/aromatic N) is 1. The highest BCUT2D eigenvalue weighted by molar-refractivity contribution is 7.14. The van der Waals surface area contributed by atoms with Gasteiger partial charge in [0, 0.05) is 24.9 Å². The van der Waals surface area contributed by atoms with Gasteiger partial charge in [0.05, 0.1) is 11.4 Å². The van der Waals surface area contributed by atoms with Crippen molar-refractivity contribution in [3.63, 3.8) is 0 Å². The second kappa shape index (κ2) is 6.03. The Morgan fingerprint density at radius 2 is 2.18 bits per heavy atom. The number of carbonyl (C=O) groups excluding carboxylic acids is 2. The minimum atomic E-state index is -0.0433. The van der Waals surface area contributed by atoms with Crippen molar-refractivity contribution >= 4 is 23.2 Å². The van der Waals surface area contributed by atoms with E-state index in [-0.39, 0.29) is 11.8 Å². The maximum atomic E-state index is 12.7. The van der Waals surface area contributed by atoms with Crippen molar-refractivity contribution in [2.45, 2.75) is 46.1 Å². The number of thiophene rings is 1. The van der Waals surface area contributed by atoms with E-state index in [1.54, 1.807) is 0 Å². The maximum absolute atomic E-state index is 12.7. The summed E-state index contributed by atoms with van der Waals surface area (Å²) in [5, 5.41) is 2.78. The standard InChI is InChI=1S/C17H24N2O2S/c1-12-6-9-19(11-17(12)7-3-8-17)16(21)15-5-4-14(22-15)10-18-13(2)20/h4-5,12H,3,6-11H2,1-2H3,(H,18,20). The first-order valence-electron chi connectivity index (χ1n) is 8.13. The minimum absolute atomic E-state index is 0.0433. The van der Waals surface area contributed by atoms with Crippen LogP contribution in [0.15, 0.2) is 12.1 Å². The third-order valence-electron chi connectivity index (χ3n) is 5.40. The molecule has 2 fully saturated rings. The van der Waals surface area contributed by atoms with Gasteiger partial charge >= 0.3 is 0 Å². The molecule has 22 heavy (non-hydrogen) atoms.